The zero-order valence-corrected chi connectivity index (χ0v) is 17.1. The molecule has 1 aliphatic heterocycles. The fourth-order valence-electron chi connectivity index (χ4n) is 3.05. The third-order valence-electron chi connectivity index (χ3n) is 4.18. The number of aromatic nitrogens is 2. The molecular weight excluding hydrogens is 414 g/mol. The summed E-state index contributed by atoms with van der Waals surface area (Å²) in [5.41, 5.74) is 2.49. The third kappa shape index (κ3) is 4.50. The van der Waals surface area contributed by atoms with Gasteiger partial charge >= 0.3 is 12.1 Å². The maximum atomic E-state index is 12.4. The van der Waals surface area contributed by atoms with E-state index in [-0.39, 0.29) is 6.42 Å². The highest BCUT2D eigenvalue weighted by atomic mass is 79.9. The van der Waals surface area contributed by atoms with E-state index in [1.165, 1.54) is 0 Å². The maximum Gasteiger partial charge on any atom is 0.410 e. The van der Waals surface area contributed by atoms with Crippen molar-refractivity contribution >= 4 is 28.0 Å². The molecule has 27 heavy (non-hydrogen) atoms. The van der Waals surface area contributed by atoms with E-state index < -0.39 is 17.7 Å². The minimum Gasteiger partial charge on any atom is -0.481 e. The van der Waals surface area contributed by atoms with E-state index in [0.717, 1.165) is 21.4 Å². The van der Waals surface area contributed by atoms with Crippen molar-refractivity contribution in [1.82, 2.24) is 14.7 Å². The van der Waals surface area contributed by atoms with Gasteiger partial charge in [0.05, 0.1) is 30.0 Å². The van der Waals surface area contributed by atoms with Gasteiger partial charge in [-0.15, -0.1) is 0 Å². The lowest BCUT2D eigenvalue weighted by molar-refractivity contribution is -0.136. The average Bonchev–Trinajstić information content (AvgIpc) is 2.91. The summed E-state index contributed by atoms with van der Waals surface area (Å²) in [5.74, 6) is -0.951. The molecule has 2 heterocycles. The quantitative estimate of drug-likeness (QED) is 0.796. The Morgan fingerprint density at radius 3 is 2.52 bits per heavy atom. The number of carboxylic acid groups (broad SMARTS) is 1. The summed E-state index contributed by atoms with van der Waals surface area (Å²) >= 11 is 3.41. The number of ether oxygens (including phenoxy) is 1. The van der Waals surface area contributed by atoms with Crippen LogP contribution in [0, 0.1) is 0 Å². The zero-order valence-electron chi connectivity index (χ0n) is 15.5. The monoisotopic (exact) mass is 435 g/mol. The van der Waals surface area contributed by atoms with Crippen molar-refractivity contribution in [2.75, 3.05) is 6.54 Å². The Morgan fingerprint density at radius 2 is 1.93 bits per heavy atom. The smallest absolute Gasteiger partial charge is 0.410 e. The maximum absolute atomic E-state index is 12.4. The van der Waals surface area contributed by atoms with Crippen LogP contribution in [0.4, 0.5) is 4.79 Å². The van der Waals surface area contributed by atoms with Crippen molar-refractivity contribution in [2.24, 2.45) is 0 Å². The number of carbonyl (C=O) groups excluding carboxylic acids is 1. The summed E-state index contributed by atoms with van der Waals surface area (Å²) in [6.45, 7) is 6.26. The number of aliphatic carboxylic acids is 1. The SMILES string of the molecule is CC(C)(C)OC(=O)N1CCc2c(c(CC(=O)O)nn2-c2ccc(Br)cc2)C1. The molecule has 0 saturated carbocycles. The zero-order chi connectivity index (χ0) is 19.8. The third-order valence-corrected chi connectivity index (χ3v) is 4.71. The molecule has 7 nitrogen and oxygen atoms in total. The number of fused-ring (bicyclic) bond motifs is 1. The lowest BCUT2D eigenvalue weighted by atomic mass is 10.0. The standard InChI is InChI=1S/C19H22BrN3O4/c1-19(2,3)27-18(26)22-9-8-16-14(11-22)15(10-17(24)25)21-23(16)13-6-4-12(20)5-7-13/h4-7H,8-11H2,1-3H3,(H,24,25). The number of carbonyl (C=O) groups is 2. The molecule has 1 amide bonds. The van der Waals surface area contributed by atoms with Gasteiger partial charge in [-0.1, -0.05) is 15.9 Å². The van der Waals surface area contributed by atoms with E-state index in [2.05, 4.69) is 21.0 Å². The number of carboxylic acids is 1. The first kappa shape index (κ1) is 19.4. The van der Waals surface area contributed by atoms with E-state index >= 15 is 0 Å². The molecule has 0 fully saturated rings. The molecule has 2 aromatic rings. The molecule has 0 spiro atoms. The van der Waals surface area contributed by atoms with Crippen LogP contribution >= 0.6 is 15.9 Å². The Labute approximate surface area is 166 Å². The fourth-order valence-corrected chi connectivity index (χ4v) is 3.31. The number of nitrogens with zero attached hydrogens (tertiary/aromatic N) is 3. The van der Waals surface area contributed by atoms with Crippen molar-refractivity contribution in [3.8, 4) is 5.69 Å². The van der Waals surface area contributed by atoms with Gasteiger partial charge in [-0.25, -0.2) is 9.48 Å². The van der Waals surface area contributed by atoms with Gasteiger partial charge in [0.15, 0.2) is 0 Å². The van der Waals surface area contributed by atoms with E-state index in [1.54, 1.807) is 9.58 Å². The number of amides is 1. The van der Waals surface area contributed by atoms with Crippen LogP contribution in [0.3, 0.4) is 0 Å². The largest absolute Gasteiger partial charge is 0.481 e. The first-order valence-electron chi connectivity index (χ1n) is 8.69. The molecule has 3 rings (SSSR count). The first-order chi connectivity index (χ1) is 12.6. The first-order valence-corrected chi connectivity index (χ1v) is 9.48. The summed E-state index contributed by atoms with van der Waals surface area (Å²) < 4.78 is 8.19. The number of rotatable bonds is 3. The number of benzene rings is 1. The Hall–Kier alpha value is -2.35. The summed E-state index contributed by atoms with van der Waals surface area (Å²) in [5, 5.41) is 13.8. The van der Waals surface area contributed by atoms with Crippen molar-refractivity contribution < 1.29 is 19.4 Å². The Balaban J connectivity index is 1.95. The average molecular weight is 436 g/mol. The second kappa shape index (κ2) is 7.34. The van der Waals surface area contributed by atoms with Gasteiger partial charge in [-0.3, -0.25) is 4.79 Å². The molecule has 1 aromatic heterocycles. The van der Waals surface area contributed by atoms with Crippen LogP contribution in [0.25, 0.3) is 5.69 Å². The van der Waals surface area contributed by atoms with Gasteiger partial charge in [-0.2, -0.15) is 5.10 Å². The molecule has 1 aromatic carbocycles. The molecule has 0 aliphatic carbocycles. The van der Waals surface area contributed by atoms with Crippen LogP contribution in [-0.2, 0) is 28.9 Å². The Morgan fingerprint density at radius 1 is 1.26 bits per heavy atom. The van der Waals surface area contributed by atoms with Crippen molar-refractivity contribution in [3.05, 3.63) is 45.7 Å². The molecule has 8 heteroatoms. The molecule has 0 saturated heterocycles. The second-order valence-corrected chi connectivity index (χ2v) is 8.40. The molecule has 0 radical (unpaired) electrons. The van der Waals surface area contributed by atoms with Crippen LogP contribution < -0.4 is 0 Å². The molecule has 144 valence electrons. The molecular formula is C19H22BrN3O4. The van der Waals surface area contributed by atoms with Gasteiger partial charge < -0.3 is 14.7 Å². The van der Waals surface area contributed by atoms with Crippen LogP contribution in [0.5, 0.6) is 0 Å². The molecule has 0 unspecified atom stereocenters. The lowest BCUT2D eigenvalue weighted by Gasteiger charge is -2.30. The van der Waals surface area contributed by atoms with Crippen LogP contribution in [0.15, 0.2) is 28.7 Å². The van der Waals surface area contributed by atoms with Crippen LogP contribution in [-0.4, -0.2) is 44.0 Å². The predicted molar refractivity (Wildman–Crippen MR) is 103 cm³/mol. The fraction of sp³-hybridized carbons (Fsp3) is 0.421. The van der Waals surface area contributed by atoms with E-state index in [1.807, 2.05) is 45.0 Å². The van der Waals surface area contributed by atoms with Gasteiger partial charge in [0.2, 0.25) is 0 Å². The number of hydrogen-bond donors (Lipinski definition) is 1. The highest BCUT2D eigenvalue weighted by Gasteiger charge is 2.31. The normalized spacial score (nSPS) is 14.0. The summed E-state index contributed by atoms with van der Waals surface area (Å²) in [6, 6.07) is 7.66. The number of halogens is 1. The van der Waals surface area contributed by atoms with Gasteiger partial charge in [0.1, 0.15) is 5.60 Å². The van der Waals surface area contributed by atoms with Crippen molar-refractivity contribution in [2.45, 2.75) is 45.8 Å². The number of hydrogen-bond acceptors (Lipinski definition) is 4. The van der Waals surface area contributed by atoms with E-state index in [0.29, 0.717) is 25.2 Å². The van der Waals surface area contributed by atoms with E-state index in [4.69, 9.17) is 4.74 Å². The van der Waals surface area contributed by atoms with Crippen molar-refractivity contribution in [1.29, 1.82) is 0 Å². The predicted octanol–water partition coefficient (Wildman–Crippen LogP) is 3.56. The van der Waals surface area contributed by atoms with E-state index in [9.17, 15) is 14.7 Å². The minimum absolute atomic E-state index is 0.186. The summed E-state index contributed by atoms with van der Waals surface area (Å²) in [7, 11) is 0. The molecule has 1 aliphatic rings. The highest BCUT2D eigenvalue weighted by Crippen LogP contribution is 2.27. The van der Waals surface area contributed by atoms with Crippen LogP contribution in [0.1, 0.15) is 37.7 Å². The van der Waals surface area contributed by atoms with Gasteiger partial charge in [0.25, 0.3) is 0 Å². The van der Waals surface area contributed by atoms with Gasteiger partial charge in [0, 0.05) is 23.0 Å². The highest BCUT2D eigenvalue weighted by molar-refractivity contribution is 9.10. The summed E-state index contributed by atoms with van der Waals surface area (Å²) in [4.78, 5) is 25.3. The summed E-state index contributed by atoms with van der Waals surface area (Å²) in [6.07, 6.45) is -0.00327. The lowest BCUT2D eigenvalue weighted by Crippen LogP contribution is -2.40. The second-order valence-electron chi connectivity index (χ2n) is 7.48. The van der Waals surface area contributed by atoms with Crippen molar-refractivity contribution in [3.63, 3.8) is 0 Å². The molecule has 1 N–H and O–H groups in total. The van der Waals surface area contributed by atoms with Gasteiger partial charge in [-0.05, 0) is 45.0 Å². The Bertz CT molecular complexity index is 868. The molecule has 0 bridgehead atoms. The Kier molecular flexibility index (Phi) is 5.28. The van der Waals surface area contributed by atoms with Crippen LogP contribution in [0.2, 0.25) is 0 Å². The minimum atomic E-state index is -0.951. The molecule has 0 atom stereocenters. The topological polar surface area (TPSA) is 84.7 Å².